The number of phosphoric ester groups is 1. The monoisotopic (exact) mass is 963 g/mol. The molecule has 0 aliphatic rings. The van der Waals surface area contributed by atoms with Crippen molar-refractivity contribution in [1.82, 2.24) is 5.32 Å². The van der Waals surface area contributed by atoms with Gasteiger partial charge in [-0.15, -0.1) is 0 Å². The Morgan fingerprint density at radius 2 is 0.881 bits per heavy atom. The first-order valence-corrected chi connectivity index (χ1v) is 30.0. The molecule has 67 heavy (non-hydrogen) atoms. The molecule has 1 amide bonds. The maximum atomic E-state index is 12.9. The van der Waals surface area contributed by atoms with Gasteiger partial charge in [-0.3, -0.25) is 9.36 Å². The molecule has 0 rings (SSSR count). The summed E-state index contributed by atoms with van der Waals surface area (Å²) < 4.78 is 23.3. The van der Waals surface area contributed by atoms with Crippen LogP contribution in [0.4, 0.5) is 0 Å². The molecular formula is C58H111N2O6P. The number of likely N-dealkylation sites (N-methyl/N-ethyl adjacent to an activating group) is 1. The van der Waals surface area contributed by atoms with E-state index in [2.05, 4.69) is 55.6 Å². The summed E-state index contributed by atoms with van der Waals surface area (Å²) in [5.41, 5.74) is 0. The molecule has 2 N–H and O–H groups in total. The SMILES string of the molecule is CCCCCC/C=C\C/C=C\CCCCCCCCCC(=O)NC(COP(=O)([O-])OCC[N+](C)(C)C)C(O)/C=C/CC/C=C/CCCCCCCCCCCCCCCCCCCCCCC. The van der Waals surface area contributed by atoms with Crippen molar-refractivity contribution in [2.75, 3.05) is 40.9 Å². The van der Waals surface area contributed by atoms with Gasteiger partial charge in [-0.2, -0.15) is 0 Å². The number of carbonyl (C=O) groups excluding carboxylic acids is 1. The molecule has 9 heteroatoms. The molecule has 0 fully saturated rings. The average Bonchev–Trinajstić information content (AvgIpc) is 3.29. The van der Waals surface area contributed by atoms with Gasteiger partial charge in [0.15, 0.2) is 0 Å². The Bertz CT molecular complexity index is 1230. The van der Waals surface area contributed by atoms with Gasteiger partial charge in [0.2, 0.25) is 5.91 Å². The van der Waals surface area contributed by atoms with Crippen molar-refractivity contribution in [3.05, 3.63) is 48.6 Å². The van der Waals surface area contributed by atoms with Crippen LogP contribution >= 0.6 is 7.82 Å². The van der Waals surface area contributed by atoms with E-state index in [0.29, 0.717) is 17.4 Å². The van der Waals surface area contributed by atoms with Crippen LogP contribution in [-0.4, -0.2) is 68.5 Å². The maximum absolute atomic E-state index is 12.9. The average molecular weight is 964 g/mol. The summed E-state index contributed by atoms with van der Waals surface area (Å²) in [6.07, 6.45) is 64.8. The van der Waals surface area contributed by atoms with Crippen LogP contribution in [0.5, 0.6) is 0 Å². The number of rotatable bonds is 52. The normalized spacial score (nSPS) is 14.3. The van der Waals surface area contributed by atoms with E-state index in [1.807, 2.05) is 27.2 Å². The number of aliphatic hydroxyl groups is 1. The second kappa shape index (κ2) is 49.4. The summed E-state index contributed by atoms with van der Waals surface area (Å²) in [6.45, 7) is 4.63. The molecule has 394 valence electrons. The highest BCUT2D eigenvalue weighted by molar-refractivity contribution is 7.45. The number of carbonyl (C=O) groups is 1. The zero-order chi connectivity index (χ0) is 49.2. The van der Waals surface area contributed by atoms with Crippen molar-refractivity contribution in [3.63, 3.8) is 0 Å². The van der Waals surface area contributed by atoms with Crippen molar-refractivity contribution in [3.8, 4) is 0 Å². The maximum Gasteiger partial charge on any atom is 0.268 e. The Morgan fingerprint density at radius 3 is 1.31 bits per heavy atom. The number of quaternary nitrogens is 1. The smallest absolute Gasteiger partial charge is 0.268 e. The molecule has 0 aromatic heterocycles. The number of allylic oxidation sites excluding steroid dienone is 7. The van der Waals surface area contributed by atoms with Crippen LogP contribution in [0.3, 0.4) is 0 Å². The van der Waals surface area contributed by atoms with Gasteiger partial charge in [0, 0.05) is 6.42 Å². The zero-order valence-corrected chi connectivity index (χ0v) is 45.7. The third-order valence-corrected chi connectivity index (χ3v) is 13.7. The van der Waals surface area contributed by atoms with Crippen LogP contribution < -0.4 is 10.2 Å². The Hall–Kier alpha value is -1.54. The molecule has 0 saturated heterocycles. The predicted octanol–water partition coefficient (Wildman–Crippen LogP) is 16.5. The first kappa shape index (κ1) is 65.5. The van der Waals surface area contributed by atoms with Gasteiger partial charge < -0.3 is 28.8 Å². The molecule has 0 spiro atoms. The molecule has 0 aromatic rings. The number of amides is 1. The van der Waals surface area contributed by atoms with E-state index in [4.69, 9.17) is 9.05 Å². The summed E-state index contributed by atoms with van der Waals surface area (Å²) in [7, 11) is 1.24. The molecule has 0 aromatic carbocycles. The van der Waals surface area contributed by atoms with Crippen molar-refractivity contribution in [2.24, 2.45) is 0 Å². The number of nitrogens with zero attached hydrogens (tertiary/aromatic N) is 1. The first-order valence-electron chi connectivity index (χ1n) is 28.5. The van der Waals surface area contributed by atoms with E-state index >= 15 is 0 Å². The lowest BCUT2D eigenvalue weighted by Gasteiger charge is -2.29. The van der Waals surface area contributed by atoms with Crippen molar-refractivity contribution >= 4 is 13.7 Å². The number of nitrogens with one attached hydrogen (secondary N) is 1. The molecule has 0 bridgehead atoms. The number of hydrogen-bond acceptors (Lipinski definition) is 6. The van der Waals surface area contributed by atoms with E-state index in [-0.39, 0.29) is 12.5 Å². The Balaban J connectivity index is 4.25. The minimum Gasteiger partial charge on any atom is -0.756 e. The lowest BCUT2D eigenvalue weighted by molar-refractivity contribution is -0.870. The van der Waals surface area contributed by atoms with Crippen molar-refractivity contribution in [2.45, 2.75) is 276 Å². The van der Waals surface area contributed by atoms with Gasteiger partial charge in [-0.1, -0.05) is 242 Å². The fourth-order valence-electron chi connectivity index (χ4n) is 8.26. The van der Waals surface area contributed by atoms with Crippen molar-refractivity contribution in [1.29, 1.82) is 0 Å². The Kier molecular flexibility index (Phi) is 48.3. The van der Waals surface area contributed by atoms with Gasteiger partial charge >= 0.3 is 0 Å². The molecule has 0 aliphatic carbocycles. The summed E-state index contributed by atoms with van der Waals surface area (Å²) in [4.78, 5) is 25.5. The Labute approximate surface area is 416 Å². The molecule has 0 heterocycles. The molecule has 8 nitrogen and oxygen atoms in total. The minimum absolute atomic E-state index is 0.00882. The van der Waals surface area contributed by atoms with Gasteiger partial charge in [0.1, 0.15) is 13.2 Å². The van der Waals surface area contributed by atoms with E-state index in [0.717, 1.165) is 57.8 Å². The molecule has 0 radical (unpaired) electrons. The number of phosphoric acid groups is 1. The van der Waals surface area contributed by atoms with E-state index in [9.17, 15) is 19.4 Å². The van der Waals surface area contributed by atoms with E-state index < -0.39 is 26.6 Å². The third kappa shape index (κ3) is 52.1. The van der Waals surface area contributed by atoms with Gasteiger partial charge in [-0.05, 0) is 64.2 Å². The van der Waals surface area contributed by atoms with Crippen LogP contribution in [0.1, 0.15) is 264 Å². The van der Waals surface area contributed by atoms with Crippen LogP contribution in [0.25, 0.3) is 0 Å². The molecular weight excluding hydrogens is 852 g/mol. The minimum atomic E-state index is -4.61. The Morgan fingerprint density at radius 1 is 0.522 bits per heavy atom. The van der Waals surface area contributed by atoms with Crippen LogP contribution in [-0.2, 0) is 18.4 Å². The quantitative estimate of drug-likeness (QED) is 0.0272. The summed E-state index contributed by atoms with van der Waals surface area (Å²) in [5.74, 6) is -0.214. The third-order valence-electron chi connectivity index (χ3n) is 12.8. The number of aliphatic hydroxyl groups excluding tert-OH is 1. The van der Waals surface area contributed by atoms with Gasteiger partial charge in [-0.25, -0.2) is 0 Å². The standard InChI is InChI=1S/C58H111N2O6P/c1-6-8-10-12-14-16-18-20-22-24-26-27-28-29-30-31-32-33-34-35-37-39-41-43-45-47-49-51-57(61)56(55-66-67(63,64)65-54-53-60(3,4)5)59-58(62)52-50-48-46-44-42-40-38-36-25-23-21-19-17-15-13-11-9-7-2/h17,19,23,25,41,43,49,51,56-57,61H,6-16,18,20-22,24,26-40,42,44-48,50,52-55H2,1-5H3,(H-,59,62,63,64)/b19-17-,25-23-,43-41+,51-49+. The van der Waals surface area contributed by atoms with Crippen LogP contribution in [0.2, 0.25) is 0 Å². The van der Waals surface area contributed by atoms with E-state index in [1.54, 1.807) is 6.08 Å². The second-order valence-electron chi connectivity index (χ2n) is 20.6. The van der Waals surface area contributed by atoms with Crippen LogP contribution in [0.15, 0.2) is 48.6 Å². The lowest BCUT2D eigenvalue weighted by Crippen LogP contribution is -2.45. The zero-order valence-electron chi connectivity index (χ0n) is 44.9. The van der Waals surface area contributed by atoms with Gasteiger partial charge in [0.05, 0.1) is 39.9 Å². The van der Waals surface area contributed by atoms with Crippen LogP contribution in [0, 0.1) is 0 Å². The largest absolute Gasteiger partial charge is 0.756 e. The first-order chi connectivity index (χ1) is 32.5. The summed E-state index contributed by atoms with van der Waals surface area (Å²) >= 11 is 0. The summed E-state index contributed by atoms with van der Waals surface area (Å²) in [6, 6.07) is -0.909. The van der Waals surface area contributed by atoms with Gasteiger partial charge in [0.25, 0.3) is 7.82 Å². The van der Waals surface area contributed by atoms with E-state index in [1.165, 1.54) is 186 Å². The number of hydrogen-bond donors (Lipinski definition) is 2. The predicted molar refractivity (Wildman–Crippen MR) is 288 cm³/mol. The lowest BCUT2D eigenvalue weighted by atomic mass is 10.0. The molecule has 0 saturated carbocycles. The second-order valence-corrected chi connectivity index (χ2v) is 22.0. The highest BCUT2D eigenvalue weighted by atomic mass is 31.2. The molecule has 3 atom stereocenters. The van der Waals surface area contributed by atoms with Crippen molar-refractivity contribution < 1.29 is 32.9 Å². The molecule has 3 unspecified atom stereocenters. The topological polar surface area (TPSA) is 108 Å². The highest BCUT2D eigenvalue weighted by Crippen LogP contribution is 2.38. The fourth-order valence-corrected chi connectivity index (χ4v) is 8.98. The highest BCUT2D eigenvalue weighted by Gasteiger charge is 2.23. The number of unbranched alkanes of at least 4 members (excludes halogenated alkanes) is 33. The molecule has 0 aliphatic heterocycles. The summed E-state index contributed by atoms with van der Waals surface area (Å²) in [5, 5.41) is 13.9. The fraction of sp³-hybridized carbons (Fsp3) is 0.845.